The number of nitrogens with zero attached hydrogens (tertiary/aromatic N) is 1. The monoisotopic (exact) mass is 276 g/mol. The van der Waals surface area contributed by atoms with Crippen LogP contribution in [0.2, 0.25) is 0 Å². The minimum absolute atomic E-state index is 0.216. The molecule has 1 heterocycles. The molecule has 20 heavy (non-hydrogen) atoms. The molecule has 0 bridgehead atoms. The molecule has 0 saturated heterocycles. The Balaban J connectivity index is 2.06. The summed E-state index contributed by atoms with van der Waals surface area (Å²) >= 11 is 0. The van der Waals surface area contributed by atoms with E-state index in [1.165, 1.54) is 0 Å². The van der Waals surface area contributed by atoms with Gasteiger partial charge >= 0.3 is 0 Å². The van der Waals surface area contributed by atoms with Gasteiger partial charge in [-0.25, -0.2) is 0 Å². The van der Waals surface area contributed by atoms with Crippen molar-refractivity contribution in [3.8, 4) is 0 Å². The number of aliphatic hydroxyl groups is 1. The van der Waals surface area contributed by atoms with E-state index < -0.39 is 6.10 Å². The molecule has 6 nitrogen and oxygen atoms in total. The number of anilines is 1. The van der Waals surface area contributed by atoms with E-state index in [2.05, 4.69) is 15.5 Å². The van der Waals surface area contributed by atoms with Gasteiger partial charge in [-0.3, -0.25) is 9.89 Å². The lowest BCUT2D eigenvalue weighted by Crippen LogP contribution is -2.33. The number of nitrogens with two attached hydrogens (primary N) is 1. The van der Waals surface area contributed by atoms with Crippen molar-refractivity contribution < 1.29 is 9.90 Å². The summed E-state index contributed by atoms with van der Waals surface area (Å²) in [6.07, 6.45) is 0.100. The average Bonchev–Trinajstić information content (AvgIpc) is 2.78. The summed E-state index contributed by atoms with van der Waals surface area (Å²) in [5.74, 6) is 0.0672. The van der Waals surface area contributed by atoms with Crippen molar-refractivity contribution in [3.63, 3.8) is 0 Å². The summed E-state index contributed by atoms with van der Waals surface area (Å²) in [4.78, 5) is 12.1. The Bertz CT molecular complexity index is 606. The third-order valence-electron chi connectivity index (χ3n) is 3.04. The van der Waals surface area contributed by atoms with Crippen molar-refractivity contribution in [3.05, 3.63) is 23.9 Å². The van der Waals surface area contributed by atoms with Gasteiger partial charge in [0.15, 0.2) is 5.69 Å². The SMILES string of the molecule is CC(C)CC(O)CNC(=O)c1n[nH]c2ccc(N)cc12. The third kappa shape index (κ3) is 3.27. The number of hydrogen-bond donors (Lipinski definition) is 4. The number of nitrogens with one attached hydrogen (secondary N) is 2. The molecule has 2 rings (SSSR count). The summed E-state index contributed by atoms with van der Waals surface area (Å²) < 4.78 is 0. The highest BCUT2D eigenvalue weighted by atomic mass is 16.3. The molecule has 1 amide bonds. The van der Waals surface area contributed by atoms with E-state index in [0.29, 0.717) is 29.1 Å². The first kappa shape index (κ1) is 14.3. The summed E-state index contributed by atoms with van der Waals surface area (Å²) in [7, 11) is 0. The van der Waals surface area contributed by atoms with Crippen molar-refractivity contribution in [1.29, 1.82) is 0 Å². The average molecular weight is 276 g/mol. The Kier molecular flexibility index (Phi) is 4.24. The summed E-state index contributed by atoms with van der Waals surface area (Å²) in [5, 5.41) is 19.9. The van der Waals surface area contributed by atoms with Gasteiger partial charge < -0.3 is 16.2 Å². The molecule has 2 aromatic rings. The predicted octanol–water partition coefficient (Wildman–Crippen LogP) is 1.28. The molecule has 1 atom stereocenters. The Hall–Kier alpha value is -2.08. The highest BCUT2D eigenvalue weighted by Gasteiger charge is 2.15. The molecule has 0 aliphatic carbocycles. The maximum Gasteiger partial charge on any atom is 0.272 e. The molecule has 1 aromatic heterocycles. The van der Waals surface area contributed by atoms with Crippen molar-refractivity contribution in [2.45, 2.75) is 26.4 Å². The molecule has 0 fully saturated rings. The first-order valence-electron chi connectivity index (χ1n) is 6.67. The van der Waals surface area contributed by atoms with Gasteiger partial charge in [0.25, 0.3) is 5.91 Å². The van der Waals surface area contributed by atoms with E-state index >= 15 is 0 Å². The molecule has 108 valence electrons. The zero-order valence-electron chi connectivity index (χ0n) is 11.7. The van der Waals surface area contributed by atoms with Crippen LogP contribution in [0.5, 0.6) is 0 Å². The zero-order valence-corrected chi connectivity index (χ0v) is 11.7. The molecule has 0 spiro atoms. The molecule has 0 radical (unpaired) electrons. The molecule has 5 N–H and O–H groups in total. The minimum Gasteiger partial charge on any atom is -0.399 e. The molecule has 6 heteroatoms. The zero-order chi connectivity index (χ0) is 14.7. The van der Waals surface area contributed by atoms with Crippen molar-refractivity contribution in [1.82, 2.24) is 15.5 Å². The highest BCUT2D eigenvalue weighted by Crippen LogP contribution is 2.18. The molecule has 1 aromatic carbocycles. The van der Waals surface area contributed by atoms with Crippen LogP contribution in [-0.2, 0) is 0 Å². The lowest BCUT2D eigenvalue weighted by Gasteiger charge is -2.13. The number of carbonyl (C=O) groups excluding carboxylic acids is 1. The van der Waals surface area contributed by atoms with Crippen LogP contribution in [0.3, 0.4) is 0 Å². The number of carbonyl (C=O) groups is 1. The number of aromatic amines is 1. The van der Waals surface area contributed by atoms with Crippen molar-refractivity contribution >= 4 is 22.5 Å². The van der Waals surface area contributed by atoms with E-state index in [4.69, 9.17) is 5.73 Å². The lowest BCUT2D eigenvalue weighted by atomic mass is 10.1. The quantitative estimate of drug-likeness (QED) is 0.617. The lowest BCUT2D eigenvalue weighted by molar-refractivity contribution is 0.0897. The van der Waals surface area contributed by atoms with E-state index in [1.807, 2.05) is 13.8 Å². The highest BCUT2D eigenvalue weighted by molar-refractivity contribution is 6.05. The van der Waals surface area contributed by atoms with Crippen LogP contribution >= 0.6 is 0 Å². The van der Waals surface area contributed by atoms with Crippen LogP contribution in [-0.4, -0.2) is 33.9 Å². The molecular weight excluding hydrogens is 256 g/mol. The standard InChI is InChI=1S/C14H20N4O2/c1-8(2)5-10(19)7-16-14(20)13-11-6-9(15)3-4-12(11)17-18-13/h3-4,6,8,10,19H,5,7,15H2,1-2H3,(H,16,20)(H,17,18). The fourth-order valence-electron chi connectivity index (χ4n) is 2.13. The Morgan fingerprint density at radius 3 is 2.95 bits per heavy atom. The molecule has 0 saturated carbocycles. The van der Waals surface area contributed by atoms with E-state index in [9.17, 15) is 9.90 Å². The second-order valence-electron chi connectivity index (χ2n) is 5.37. The van der Waals surface area contributed by atoms with Gasteiger partial charge in [0.05, 0.1) is 11.6 Å². The van der Waals surface area contributed by atoms with Crippen LogP contribution in [0, 0.1) is 5.92 Å². The second-order valence-corrected chi connectivity index (χ2v) is 5.37. The Labute approximate surface area is 117 Å². The van der Waals surface area contributed by atoms with Gasteiger partial charge in [0.1, 0.15) is 0 Å². The van der Waals surface area contributed by atoms with Crippen molar-refractivity contribution in [2.24, 2.45) is 5.92 Å². The van der Waals surface area contributed by atoms with Crippen LogP contribution in [0.1, 0.15) is 30.8 Å². The fourth-order valence-corrected chi connectivity index (χ4v) is 2.13. The van der Waals surface area contributed by atoms with Gasteiger partial charge in [0.2, 0.25) is 0 Å². The molecule has 0 aliphatic heterocycles. The van der Waals surface area contributed by atoms with E-state index in [1.54, 1.807) is 18.2 Å². The van der Waals surface area contributed by atoms with Crippen LogP contribution in [0.4, 0.5) is 5.69 Å². The van der Waals surface area contributed by atoms with Gasteiger partial charge in [-0.05, 0) is 30.5 Å². The number of H-pyrrole nitrogens is 1. The largest absolute Gasteiger partial charge is 0.399 e. The number of amides is 1. The topological polar surface area (TPSA) is 104 Å². The maximum atomic E-state index is 12.1. The third-order valence-corrected chi connectivity index (χ3v) is 3.04. The second kappa shape index (κ2) is 5.92. The van der Waals surface area contributed by atoms with Crippen LogP contribution < -0.4 is 11.1 Å². The fraction of sp³-hybridized carbons (Fsp3) is 0.429. The smallest absolute Gasteiger partial charge is 0.272 e. The number of benzene rings is 1. The number of aliphatic hydroxyl groups excluding tert-OH is 1. The van der Waals surface area contributed by atoms with Gasteiger partial charge in [-0.2, -0.15) is 5.10 Å². The minimum atomic E-state index is -0.547. The van der Waals surface area contributed by atoms with Gasteiger partial charge in [0, 0.05) is 17.6 Å². The summed E-state index contributed by atoms with van der Waals surface area (Å²) in [5.41, 5.74) is 7.34. The summed E-state index contributed by atoms with van der Waals surface area (Å²) in [6, 6.07) is 5.23. The Morgan fingerprint density at radius 2 is 2.25 bits per heavy atom. The predicted molar refractivity (Wildman–Crippen MR) is 78.3 cm³/mol. The first-order chi connectivity index (χ1) is 9.47. The number of nitrogen functional groups attached to an aromatic ring is 1. The maximum absolute atomic E-state index is 12.1. The number of aromatic nitrogens is 2. The van der Waals surface area contributed by atoms with Gasteiger partial charge in [-0.1, -0.05) is 13.8 Å². The molecular formula is C14H20N4O2. The van der Waals surface area contributed by atoms with E-state index in [-0.39, 0.29) is 12.5 Å². The molecule has 1 unspecified atom stereocenters. The first-order valence-corrected chi connectivity index (χ1v) is 6.67. The van der Waals surface area contributed by atoms with Crippen molar-refractivity contribution in [2.75, 3.05) is 12.3 Å². The Morgan fingerprint density at radius 1 is 1.50 bits per heavy atom. The number of fused-ring (bicyclic) bond motifs is 1. The van der Waals surface area contributed by atoms with Crippen LogP contribution in [0.15, 0.2) is 18.2 Å². The summed E-state index contributed by atoms with van der Waals surface area (Å²) in [6.45, 7) is 4.26. The van der Waals surface area contributed by atoms with E-state index in [0.717, 1.165) is 5.52 Å². The normalized spacial score (nSPS) is 12.8. The number of hydrogen-bond acceptors (Lipinski definition) is 4. The van der Waals surface area contributed by atoms with Gasteiger partial charge in [-0.15, -0.1) is 0 Å². The van der Waals surface area contributed by atoms with Crippen LogP contribution in [0.25, 0.3) is 10.9 Å². The molecule has 0 aliphatic rings. The number of rotatable bonds is 5.